The molecular weight excluding hydrogens is 356 g/mol. The molecule has 21 heavy (non-hydrogen) atoms. The molecule has 2 aromatic heterocycles. The van der Waals surface area contributed by atoms with Gasteiger partial charge in [-0.1, -0.05) is 18.5 Å². The van der Waals surface area contributed by atoms with Crippen molar-refractivity contribution in [2.24, 2.45) is 0 Å². The number of rotatable bonds is 7. The summed E-state index contributed by atoms with van der Waals surface area (Å²) in [5.74, 6) is 0. The summed E-state index contributed by atoms with van der Waals surface area (Å²) in [7, 11) is 1.68. The van der Waals surface area contributed by atoms with E-state index >= 15 is 0 Å². The van der Waals surface area contributed by atoms with Gasteiger partial charge in [0.1, 0.15) is 0 Å². The van der Waals surface area contributed by atoms with Crippen LogP contribution in [0.15, 0.2) is 29.0 Å². The van der Waals surface area contributed by atoms with Crippen LogP contribution >= 0.6 is 27.5 Å². The van der Waals surface area contributed by atoms with Crippen molar-refractivity contribution in [2.75, 3.05) is 20.3 Å². The molecule has 2 aromatic rings. The Morgan fingerprint density at radius 1 is 1.43 bits per heavy atom. The van der Waals surface area contributed by atoms with Crippen molar-refractivity contribution in [1.29, 1.82) is 0 Å². The maximum Gasteiger partial charge on any atom is 0.0933 e. The van der Waals surface area contributed by atoms with Crippen LogP contribution < -0.4 is 5.32 Å². The van der Waals surface area contributed by atoms with Crippen LogP contribution in [0.25, 0.3) is 0 Å². The average Bonchev–Trinajstić information content (AvgIpc) is 2.84. The molecule has 0 aromatic carbocycles. The maximum atomic E-state index is 5.92. The maximum absolute atomic E-state index is 5.92. The average molecular weight is 374 g/mol. The smallest absolute Gasteiger partial charge is 0.0933 e. The fraction of sp³-hybridized carbons (Fsp3) is 0.429. The van der Waals surface area contributed by atoms with Gasteiger partial charge in [-0.2, -0.15) is 5.10 Å². The van der Waals surface area contributed by atoms with Gasteiger partial charge in [-0.3, -0.25) is 9.67 Å². The Balaban J connectivity index is 2.37. The van der Waals surface area contributed by atoms with Crippen molar-refractivity contribution in [1.82, 2.24) is 20.1 Å². The third-order valence-corrected chi connectivity index (χ3v) is 3.90. The van der Waals surface area contributed by atoms with Crippen molar-refractivity contribution in [3.63, 3.8) is 0 Å². The van der Waals surface area contributed by atoms with Crippen molar-refractivity contribution >= 4 is 27.5 Å². The van der Waals surface area contributed by atoms with Gasteiger partial charge in [-0.25, -0.2) is 0 Å². The molecule has 5 nitrogen and oxygen atoms in total. The van der Waals surface area contributed by atoms with Crippen LogP contribution in [0.4, 0.5) is 0 Å². The normalized spacial score (nSPS) is 12.6. The molecule has 1 unspecified atom stereocenters. The van der Waals surface area contributed by atoms with E-state index in [1.165, 1.54) is 0 Å². The molecule has 2 heterocycles. The van der Waals surface area contributed by atoms with Gasteiger partial charge in [0, 0.05) is 13.3 Å². The standard InChI is InChI=1S/C14H18BrClN4O/c1-3-17-13(12-5-4-10(16)8-18-12)14-11(15)9-19-20(14)6-7-21-2/h4-5,8-9,13,17H,3,6-7H2,1-2H3. The van der Waals surface area contributed by atoms with Crippen molar-refractivity contribution in [3.8, 4) is 0 Å². The van der Waals surface area contributed by atoms with Gasteiger partial charge in [0.05, 0.1) is 46.3 Å². The molecule has 0 saturated carbocycles. The number of halogens is 2. The highest BCUT2D eigenvalue weighted by atomic mass is 79.9. The third-order valence-electron chi connectivity index (χ3n) is 3.07. The molecule has 0 saturated heterocycles. The number of aromatic nitrogens is 3. The summed E-state index contributed by atoms with van der Waals surface area (Å²) in [4.78, 5) is 4.43. The van der Waals surface area contributed by atoms with E-state index in [9.17, 15) is 0 Å². The molecule has 0 bridgehead atoms. The van der Waals surface area contributed by atoms with Gasteiger partial charge in [-0.05, 0) is 34.6 Å². The molecule has 0 aliphatic rings. The summed E-state index contributed by atoms with van der Waals surface area (Å²) < 4.78 is 8.01. The predicted molar refractivity (Wildman–Crippen MR) is 86.6 cm³/mol. The molecule has 1 atom stereocenters. The molecule has 2 rings (SSSR count). The molecule has 0 fully saturated rings. The first-order chi connectivity index (χ1) is 10.2. The summed E-state index contributed by atoms with van der Waals surface area (Å²) in [5.41, 5.74) is 1.94. The molecule has 0 aliphatic heterocycles. The van der Waals surface area contributed by atoms with Crippen molar-refractivity contribution < 1.29 is 4.74 Å². The molecular formula is C14H18BrClN4O. The zero-order valence-electron chi connectivity index (χ0n) is 12.0. The van der Waals surface area contributed by atoms with Crippen LogP contribution in [-0.4, -0.2) is 35.0 Å². The number of hydrogen-bond donors (Lipinski definition) is 1. The highest BCUT2D eigenvalue weighted by molar-refractivity contribution is 9.10. The minimum absolute atomic E-state index is 0.0546. The molecule has 0 aliphatic carbocycles. The predicted octanol–water partition coefficient (Wildman–Crippen LogP) is 3.04. The molecule has 0 radical (unpaired) electrons. The van der Waals surface area contributed by atoms with E-state index in [-0.39, 0.29) is 6.04 Å². The van der Waals surface area contributed by atoms with Crippen LogP contribution in [0.3, 0.4) is 0 Å². The van der Waals surface area contributed by atoms with Gasteiger partial charge in [-0.15, -0.1) is 0 Å². The van der Waals surface area contributed by atoms with Gasteiger partial charge in [0.2, 0.25) is 0 Å². The summed E-state index contributed by atoms with van der Waals surface area (Å²) >= 11 is 9.50. The number of methoxy groups -OCH3 is 1. The van der Waals surface area contributed by atoms with E-state index in [4.69, 9.17) is 16.3 Å². The largest absolute Gasteiger partial charge is 0.383 e. The number of pyridine rings is 1. The van der Waals surface area contributed by atoms with Crippen molar-refractivity contribution in [3.05, 3.63) is 45.4 Å². The highest BCUT2D eigenvalue weighted by Crippen LogP contribution is 2.28. The van der Waals surface area contributed by atoms with Gasteiger partial charge >= 0.3 is 0 Å². The van der Waals surface area contributed by atoms with Gasteiger partial charge < -0.3 is 10.1 Å². The Morgan fingerprint density at radius 3 is 2.86 bits per heavy atom. The second-order valence-corrected chi connectivity index (χ2v) is 5.78. The molecule has 7 heteroatoms. The zero-order chi connectivity index (χ0) is 15.2. The van der Waals surface area contributed by atoms with Gasteiger partial charge in [0.25, 0.3) is 0 Å². The molecule has 1 N–H and O–H groups in total. The van der Waals surface area contributed by atoms with Crippen LogP contribution in [-0.2, 0) is 11.3 Å². The van der Waals surface area contributed by atoms with E-state index in [2.05, 4.69) is 38.3 Å². The van der Waals surface area contributed by atoms with Crippen LogP contribution in [0.1, 0.15) is 24.4 Å². The number of ether oxygens (including phenoxy) is 1. The lowest BCUT2D eigenvalue weighted by molar-refractivity contribution is 0.182. The summed E-state index contributed by atoms with van der Waals surface area (Å²) in [6, 6.07) is 3.72. The quantitative estimate of drug-likeness (QED) is 0.810. The minimum Gasteiger partial charge on any atom is -0.383 e. The van der Waals surface area contributed by atoms with E-state index < -0.39 is 0 Å². The lowest BCUT2D eigenvalue weighted by Gasteiger charge is -2.20. The van der Waals surface area contributed by atoms with E-state index in [1.807, 2.05) is 16.8 Å². The Morgan fingerprint density at radius 2 is 2.24 bits per heavy atom. The topological polar surface area (TPSA) is 52.0 Å². The number of hydrogen-bond acceptors (Lipinski definition) is 4. The lowest BCUT2D eigenvalue weighted by atomic mass is 10.1. The minimum atomic E-state index is -0.0546. The van der Waals surface area contributed by atoms with Crippen molar-refractivity contribution in [2.45, 2.75) is 19.5 Å². The Hall–Kier alpha value is -0.950. The van der Waals surface area contributed by atoms with E-state index in [1.54, 1.807) is 19.5 Å². The SMILES string of the molecule is CCNC(c1ccc(Cl)cn1)c1c(Br)cnn1CCOC. The highest BCUT2D eigenvalue weighted by Gasteiger charge is 2.22. The lowest BCUT2D eigenvalue weighted by Crippen LogP contribution is -2.26. The first-order valence-electron chi connectivity index (χ1n) is 6.72. The second-order valence-electron chi connectivity index (χ2n) is 4.49. The van der Waals surface area contributed by atoms with Crippen LogP contribution in [0, 0.1) is 0 Å². The monoisotopic (exact) mass is 372 g/mol. The first kappa shape index (κ1) is 16.4. The Bertz CT molecular complexity index is 573. The molecule has 0 spiro atoms. The van der Waals surface area contributed by atoms with Crippen LogP contribution in [0.5, 0.6) is 0 Å². The third kappa shape index (κ3) is 4.03. The number of nitrogens with one attached hydrogen (secondary N) is 1. The zero-order valence-corrected chi connectivity index (χ0v) is 14.4. The fourth-order valence-electron chi connectivity index (χ4n) is 2.12. The summed E-state index contributed by atoms with van der Waals surface area (Å²) in [6.45, 7) is 4.17. The number of nitrogens with zero attached hydrogens (tertiary/aromatic N) is 3. The summed E-state index contributed by atoms with van der Waals surface area (Å²) in [5, 5.41) is 8.46. The Kier molecular flexibility index (Phi) is 6.17. The van der Waals surface area contributed by atoms with Gasteiger partial charge in [0.15, 0.2) is 0 Å². The van der Waals surface area contributed by atoms with Crippen LogP contribution in [0.2, 0.25) is 5.02 Å². The summed E-state index contributed by atoms with van der Waals surface area (Å²) in [6.07, 6.45) is 3.45. The first-order valence-corrected chi connectivity index (χ1v) is 7.89. The Labute approximate surface area is 137 Å². The molecule has 114 valence electrons. The second kappa shape index (κ2) is 7.89. The molecule has 0 amide bonds. The van der Waals surface area contributed by atoms with E-state index in [0.717, 1.165) is 22.4 Å². The fourth-order valence-corrected chi connectivity index (χ4v) is 2.76. The van der Waals surface area contributed by atoms with E-state index in [0.29, 0.717) is 18.2 Å².